The van der Waals surface area contributed by atoms with E-state index < -0.39 is 0 Å². The highest BCUT2D eigenvalue weighted by atomic mass is 19.1. The minimum atomic E-state index is -0.311. The molecule has 0 atom stereocenters. The van der Waals surface area contributed by atoms with Crippen LogP contribution in [0.5, 0.6) is 0 Å². The number of carbonyl (C=O) groups excluding carboxylic acids is 2. The number of carbonyl (C=O) groups is 2. The summed E-state index contributed by atoms with van der Waals surface area (Å²) in [4.78, 5) is 26.0. The first kappa shape index (κ1) is 15.8. The van der Waals surface area contributed by atoms with Crippen molar-refractivity contribution in [1.29, 1.82) is 0 Å². The van der Waals surface area contributed by atoms with Crippen molar-refractivity contribution in [1.82, 2.24) is 20.0 Å². The molecule has 25 heavy (non-hydrogen) atoms. The van der Waals surface area contributed by atoms with E-state index in [-0.39, 0.29) is 23.0 Å². The van der Waals surface area contributed by atoms with Crippen molar-refractivity contribution in [2.24, 2.45) is 5.41 Å². The Kier molecular flexibility index (Phi) is 3.78. The maximum Gasteiger partial charge on any atom is 0.274 e. The Labute approximate surface area is 144 Å². The number of nitrogens with one attached hydrogen (secondary N) is 1. The zero-order valence-electron chi connectivity index (χ0n) is 13.7. The Balaban J connectivity index is 1.44. The van der Waals surface area contributed by atoms with Crippen molar-refractivity contribution in [2.75, 3.05) is 19.6 Å². The average molecular weight is 342 g/mol. The van der Waals surface area contributed by atoms with Gasteiger partial charge in [-0.2, -0.15) is 5.10 Å². The molecular weight excluding hydrogens is 323 g/mol. The molecule has 1 aromatic carbocycles. The van der Waals surface area contributed by atoms with Gasteiger partial charge in [-0.1, -0.05) is 0 Å². The molecule has 0 unspecified atom stereocenters. The van der Waals surface area contributed by atoms with E-state index in [1.54, 1.807) is 34.0 Å². The number of amides is 2. The number of halogens is 1. The Morgan fingerprint density at radius 2 is 1.88 bits per heavy atom. The summed E-state index contributed by atoms with van der Waals surface area (Å²) < 4.78 is 14.6. The van der Waals surface area contributed by atoms with Gasteiger partial charge in [0.15, 0.2) is 5.69 Å². The highest BCUT2D eigenvalue weighted by Gasteiger charge is 2.41. The highest BCUT2D eigenvalue weighted by molar-refractivity contribution is 5.92. The van der Waals surface area contributed by atoms with Gasteiger partial charge in [0.1, 0.15) is 5.82 Å². The van der Waals surface area contributed by atoms with Gasteiger partial charge in [0, 0.05) is 32.3 Å². The molecule has 0 radical (unpaired) electrons. The second kappa shape index (κ2) is 5.98. The Hall–Kier alpha value is -2.70. The fraction of sp³-hybridized carbons (Fsp3) is 0.389. The molecule has 1 N–H and O–H groups in total. The normalized spacial score (nSPS) is 19.2. The summed E-state index contributed by atoms with van der Waals surface area (Å²) >= 11 is 0. The quantitative estimate of drug-likeness (QED) is 0.904. The number of aromatic nitrogens is 2. The lowest BCUT2D eigenvalue weighted by atomic mass is 9.77. The molecule has 6 nitrogen and oxygen atoms in total. The number of rotatable bonds is 2. The number of hydrogen-bond donors (Lipinski definition) is 1. The molecule has 1 aromatic heterocycles. The number of likely N-dealkylation sites (tertiary alicyclic amines) is 1. The summed E-state index contributed by atoms with van der Waals surface area (Å²) in [5.74, 6) is -0.305. The molecule has 0 saturated carbocycles. The first-order valence-corrected chi connectivity index (χ1v) is 8.42. The van der Waals surface area contributed by atoms with Crippen LogP contribution in [0.1, 0.15) is 29.8 Å². The van der Waals surface area contributed by atoms with E-state index in [0.29, 0.717) is 37.4 Å². The lowest BCUT2D eigenvalue weighted by Gasteiger charge is -2.37. The third-order valence-electron chi connectivity index (χ3n) is 5.21. The zero-order chi connectivity index (χ0) is 17.4. The van der Waals surface area contributed by atoms with Crippen LogP contribution in [-0.2, 0) is 4.79 Å². The average Bonchev–Trinajstić information content (AvgIpc) is 3.23. The van der Waals surface area contributed by atoms with Crippen LogP contribution >= 0.6 is 0 Å². The van der Waals surface area contributed by atoms with E-state index >= 15 is 0 Å². The Bertz CT molecular complexity index is 807. The van der Waals surface area contributed by atoms with E-state index in [0.717, 1.165) is 12.8 Å². The molecule has 2 amide bonds. The van der Waals surface area contributed by atoms with Crippen LogP contribution in [0, 0.1) is 11.2 Å². The van der Waals surface area contributed by atoms with Crippen LogP contribution in [0.3, 0.4) is 0 Å². The summed E-state index contributed by atoms with van der Waals surface area (Å²) in [7, 11) is 0. The largest absolute Gasteiger partial charge is 0.356 e. The fourth-order valence-corrected chi connectivity index (χ4v) is 3.63. The van der Waals surface area contributed by atoms with Crippen molar-refractivity contribution < 1.29 is 14.0 Å². The minimum absolute atomic E-state index is 0.0152. The molecule has 2 aromatic rings. The number of hydrogen-bond acceptors (Lipinski definition) is 3. The summed E-state index contributed by atoms with van der Waals surface area (Å²) in [5, 5.41) is 7.22. The van der Waals surface area contributed by atoms with Crippen LogP contribution in [0.25, 0.3) is 5.69 Å². The molecule has 1 spiro atoms. The summed E-state index contributed by atoms with van der Waals surface area (Å²) in [5.41, 5.74) is 1.09. The van der Waals surface area contributed by atoms with Gasteiger partial charge in [-0.25, -0.2) is 9.07 Å². The van der Waals surface area contributed by atoms with Gasteiger partial charge in [0.2, 0.25) is 5.91 Å². The fourth-order valence-electron chi connectivity index (χ4n) is 3.63. The first-order valence-electron chi connectivity index (χ1n) is 8.42. The van der Waals surface area contributed by atoms with Gasteiger partial charge in [-0.15, -0.1) is 0 Å². The van der Waals surface area contributed by atoms with Crippen molar-refractivity contribution in [3.05, 3.63) is 48.0 Å². The third-order valence-corrected chi connectivity index (χ3v) is 5.21. The zero-order valence-corrected chi connectivity index (χ0v) is 13.7. The molecule has 2 aliphatic rings. The van der Waals surface area contributed by atoms with E-state index in [4.69, 9.17) is 0 Å². The van der Waals surface area contributed by atoms with Crippen molar-refractivity contribution >= 4 is 11.8 Å². The highest BCUT2D eigenvalue weighted by Crippen LogP contribution is 2.37. The van der Waals surface area contributed by atoms with E-state index in [9.17, 15) is 14.0 Å². The second-order valence-corrected chi connectivity index (χ2v) is 6.87. The lowest BCUT2D eigenvalue weighted by molar-refractivity contribution is -0.119. The number of piperidine rings is 1. The topological polar surface area (TPSA) is 67.2 Å². The molecule has 2 aliphatic heterocycles. The maximum absolute atomic E-state index is 13.0. The van der Waals surface area contributed by atoms with Crippen LogP contribution in [-0.4, -0.2) is 46.1 Å². The van der Waals surface area contributed by atoms with Crippen LogP contribution in [0.15, 0.2) is 36.5 Å². The predicted octanol–water partition coefficient (Wildman–Crippen LogP) is 1.75. The van der Waals surface area contributed by atoms with Crippen molar-refractivity contribution in [3.8, 4) is 5.69 Å². The van der Waals surface area contributed by atoms with Crippen LogP contribution in [0.2, 0.25) is 0 Å². The van der Waals surface area contributed by atoms with E-state index in [1.807, 2.05) is 0 Å². The Morgan fingerprint density at radius 1 is 1.16 bits per heavy atom. The summed E-state index contributed by atoms with van der Waals surface area (Å²) in [6.07, 6.45) is 3.92. The molecule has 4 rings (SSSR count). The lowest BCUT2D eigenvalue weighted by Crippen LogP contribution is -2.44. The molecule has 2 fully saturated rings. The standard InChI is InChI=1S/C18H19FN4O2/c19-13-1-3-14(4-2-13)23-8-5-15(21-23)17(25)22-9-6-18(7-10-22)11-16(24)20-12-18/h1-5,8H,6-7,9-12H2,(H,20,24). The van der Waals surface area contributed by atoms with Gasteiger partial charge >= 0.3 is 0 Å². The molecule has 130 valence electrons. The number of nitrogens with zero attached hydrogens (tertiary/aromatic N) is 3. The maximum atomic E-state index is 13.0. The molecule has 7 heteroatoms. The monoisotopic (exact) mass is 342 g/mol. The summed E-state index contributed by atoms with van der Waals surface area (Å²) in [6.45, 7) is 1.99. The van der Waals surface area contributed by atoms with Crippen LogP contribution in [0.4, 0.5) is 4.39 Å². The van der Waals surface area contributed by atoms with Crippen molar-refractivity contribution in [2.45, 2.75) is 19.3 Å². The first-order chi connectivity index (χ1) is 12.0. The van der Waals surface area contributed by atoms with E-state index in [1.165, 1.54) is 12.1 Å². The van der Waals surface area contributed by atoms with Gasteiger partial charge in [-0.05, 0) is 48.6 Å². The molecule has 3 heterocycles. The van der Waals surface area contributed by atoms with E-state index in [2.05, 4.69) is 10.4 Å². The number of benzene rings is 1. The molecule has 2 saturated heterocycles. The SMILES string of the molecule is O=C1CC2(CCN(C(=O)c3ccn(-c4ccc(F)cc4)n3)CC2)CN1. The smallest absolute Gasteiger partial charge is 0.274 e. The second-order valence-electron chi connectivity index (χ2n) is 6.87. The molecule has 0 aliphatic carbocycles. The molecular formula is C18H19FN4O2. The minimum Gasteiger partial charge on any atom is -0.356 e. The Morgan fingerprint density at radius 3 is 2.52 bits per heavy atom. The van der Waals surface area contributed by atoms with Gasteiger partial charge in [0.25, 0.3) is 5.91 Å². The van der Waals surface area contributed by atoms with Gasteiger partial charge in [-0.3, -0.25) is 9.59 Å². The third kappa shape index (κ3) is 3.01. The molecule has 0 bridgehead atoms. The van der Waals surface area contributed by atoms with Crippen LogP contribution < -0.4 is 5.32 Å². The summed E-state index contributed by atoms with van der Waals surface area (Å²) in [6, 6.07) is 7.63. The van der Waals surface area contributed by atoms with Gasteiger partial charge < -0.3 is 10.2 Å². The van der Waals surface area contributed by atoms with Gasteiger partial charge in [0.05, 0.1) is 5.69 Å². The van der Waals surface area contributed by atoms with Crippen molar-refractivity contribution in [3.63, 3.8) is 0 Å². The predicted molar refractivity (Wildman–Crippen MR) is 88.7 cm³/mol.